The number of nitrogens with zero attached hydrogens (tertiary/aromatic N) is 2. The van der Waals surface area contributed by atoms with Crippen LogP contribution in [0.5, 0.6) is 0 Å². The second-order valence-electron chi connectivity index (χ2n) is 4.27. The highest BCUT2D eigenvalue weighted by atomic mass is 19.1. The number of benzene rings is 1. The quantitative estimate of drug-likeness (QED) is 0.769. The molecule has 18 heavy (non-hydrogen) atoms. The van der Waals surface area contributed by atoms with Crippen molar-refractivity contribution < 1.29 is 9.13 Å². The zero-order chi connectivity index (χ0) is 13.0. The first kappa shape index (κ1) is 12.6. The average molecular weight is 246 g/mol. The van der Waals surface area contributed by atoms with Crippen LogP contribution in [0.3, 0.4) is 0 Å². The van der Waals surface area contributed by atoms with E-state index in [1.807, 2.05) is 6.07 Å². The first-order valence-electron chi connectivity index (χ1n) is 5.86. The Morgan fingerprint density at radius 2 is 2.33 bits per heavy atom. The summed E-state index contributed by atoms with van der Waals surface area (Å²) in [6.07, 6.45) is 3.04. The highest BCUT2D eigenvalue weighted by Gasteiger charge is 2.13. The van der Waals surface area contributed by atoms with Crippen LogP contribution in [0.25, 0.3) is 0 Å². The molecular formula is C14H15FN2O. The molecule has 0 spiro atoms. The van der Waals surface area contributed by atoms with Crippen LogP contribution < -0.4 is 4.90 Å². The lowest BCUT2D eigenvalue weighted by atomic mass is 10.1. The van der Waals surface area contributed by atoms with Gasteiger partial charge in [0.15, 0.2) is 0 Å². The van der Waals surface area contributed by atoms with Gasteiger partial charge in [-0.1, -0.05) is 6.08 Å². The maximum atomic E-state index is 13.5. The molecule has 0 atom stereocenters. The van der Waals surface area contributed by atoms with E-state index in [4.69, 9.17) is 10.00 Å². The number of hydrogen-bond donors (Lipinski definition) is 0. The fraction of sp³-hybridized carbons (Fsp3) is 0.357. The van der Waals surface area contributed by atoms with Crippen molar-refractivity contribution >= 4 is 5.69 Å². The summed E-state index contributed by atoms with van der Waals surface area (Å²) in [6.45, 7) is 2.26. The third kappa shape index (κ3) is 2.69. The predicted molar refractivity (Wildman–Crippen MR) is 67.9 cm³/mol. The number of halogens is 1. The van der Waals surface area contributed by atoms with E-state index in [9.17, 15) is 4.39 Å². The van der Waals surface area contributed by atoms with Crippen molar-refractivity contribution in [2.75, 3.05) is 31.7 Å². The van der Waals surface area contributed by atoms with E-state index in [0.717, 1.165) is 25.2 Å². The minimum atomic E-state index is -0.457. The Labute approximate surface area is 106 Å². The Kier molecular flexibility index (Phi) is 3.96. The van der Waals surface area contributed by atoms with Crippen LogP contribution in [0.1, 0.15) is 12.0 Å². The number of ether oxygens (including phenoxy) is 1. The Hall–Kier alpha value is -1.86. The molecule has 1 aliphatic rings. The van der Waals surface area contributed by atoms with Crippen molar-refractivity contribution in [1.82, 2.24) is 0 Å². The van der Waals surface area contributed by atoms with Gasteiger partial charge in [-0.2, -0.15) is 5.26 Å². The van der Waals surface area contributed by atoms with Gasteiger partial charge in [-0.15, -0.1) is 0 Å². The average Bonchev–Trinajstić information content (AvgIpc) is 2.40. The van der Waals surface area contributed by atoms with Crippen LogP contribution in [0, 0.1) is 17.1 Å². The summed E-state index contributed by atoms with van der Waals surface area (Å²) < 4.78 is 18.6. The zero-order valence-corrected chi connectivity index (χ0v) is 10.3. The maximum Gasteiger partial charge on any atom is 0.143 e. The van der Waals surface area contributed by atoms with E-state index in [2.05, 4.69) is 11.0 Å². The molecule has 0 saturated carbocycles. The third-order valence-electron chi connectivity index (χ3n) is 3.07. The number of anilines is 1. The molecule has 1 aromatic carbocycles. The Balaban J connectivity index is 2.10. The van der Waals surface area contributed by atoms with E-state index < -0.39 is 5.82 Å². The van der Waals surface area contributed by atoms with Gasteiger partial charge in [0.1, 0.15) is 11.9 Å². The second kappa shape index (κ2) is 5.65. The first-order valence-corrected chi connectivity index (χ1v) is 5.86. The maximum absolute atomic E-state index is 13.5. The fourth-order valence-corrected chi connectivity index (χ4v) is 2.05. The van der Waals surface area contributed by atoms with Crippen LogP contribution in [-0.4, -0.2) is 26.8 Å². The first-order chi connectivity index (χ1) is 8.74. The Morgan fingerprint density at radius 1 is 1.50 bits per heavy atom. The van der Waals surface area contributed by atoms with Gasteiger partial charge in [0.2, 0.25) is 0 Å². The smallest absolute Gasteiger partial charge is 0.143 e. The molecule has 0 amide bonds. The van der Waals surface area contributed by atoms with Gasteiger partial charge in [0.25, 0.3) is 0 Å². The van der Waals surface area contributed by atoms with Gasteiger partial charge in [-0.05, 0) is 30.2 Å². The van der Waals surface area contributed by atoms with Gasteiger partial charge in [0, 0.05) is 25.9 Å². The summed E-state index contributed by atoms with van der Waals surface area (Å²) in [4.78, 5) is 2.09. The molecule has 1 heterocycles. The van der Waals surface area contributed by atoms with Gasteiger partial charge in [-0.3, -0.25) is 0 Å². The normalized spacial score (nSPS) is 15.2. The molecule has 0 radical (unpaired) electrons. The summed E-state index contributed by atoms with van der Waals surface area (Å²) in [7, 11) is 1.68. The number of rotatable bonds is 3. The van der Waals surface area contributed by atoms with Crippen molar-refractivity contribution in [1.29, 1.82) is 5.26 Å². The lowest BCUT2D eigenvalue weighted by Crippen LogP contribution is -2.29. The molecule has 0 saturated heterocycles. The van der Waals surface area contributed by atoms with E-state index in [0.29, 0.717) is 6.61 Å². The van der Waals surface area contributed by atoms with Gasteiger partial charge >= 0.3 is 0 Å². The SMILES string of the molecule is COCC1=CCN(c2ccc(C#N)c(F)c2)CC1. The van der Waals surface area contributed by atoms with Crippen LogP contribution in [0.4, 0.5) is 10.1 Å². The molecule has 0 bridgehead atoms. The monoisotopic (exact) mass is 246 g/mol. The lowest BCUT2D eigenvalue weighted by Gasteiger charge is -2.28. The number of hydrogen-bond acceptors (Lipinski definition) is 3. The number of methoxy groups -OCH3 is 1. The van der Waals surface area contributed by atoms with Crippen molar-refractivity contribution in [3.63, 3.8) is 0 Å². The van der Waals surface area contributed by atoms with Crippen molar-refractivity contribution in [3.8, 4) is 6.07 Å². The predicted octanol–water partition coefficient (Wildman–Crippen LogP) is 2.48. The molecule has 0 unspecified atom stereocenters. The topological polar surface area (TPSA) is 36.3 Å². The molecule has 0 N–H and O–H groups in total. The van der Waals surface area contributed by atoms with Crippen molar-refractivity contribution in [2.24, 2.45) is 0 Å². The molecule has 1 aliphatic heterocycles. The molecule has 2 rings (SSSR count). The number of nitriles is 1. The van der Waals surface area contributed by atoms with Crippen LogP contribution in [-0.2, 0) is 4.74 Å². The summed E-state index contributed by atoms with van der Waals surface area (Å²) in [5, 5.41) is 8.69. The Morgan fingerprint density at radius 3 is 2.89 bits per heavy atom. The lowest BCUT2D eigenvalue weighted by molar-refractivity contribution is 0.222. The summed E-state index contributed by atoms with van der Waals surface area (Å²) >= 11 is 0. The van der Waals surface area contributed by atoms with Crippen LogP contribution in [0.2, 0.25) is 0 Å². The highest BCUT2D eigenvalue weighted by Crippen LogP contribution is 2.22. The third-order valence-corrected chi connectivity index (χ3v) is 3.07. The van der Waals surface area contributed by atoms with Gasteiger partial charge in [0.05, 0.1) is 12.2 Å². The summed E-state index contributed by atoms with van der Waals surface area (Å²) in [6, 6.07) is 6.57. The molecule has 4 heteroatoms. The summed E-state index contributed by atoms with van der Waals surface area (Å²) in [5.74, 6) is -0.457. The molecule has 0 aliphatic carbocycles. The Bertz CT molecular complexity index is 505. The largest absolute Gasteiger partial charge is 0.380 e. The van der Waals surface area contributed by atoms with E-state index >= 15 is 0 Å². The standard InChI is InChI=1S/C14H15FN2O/c1-18-10-11-4-6-17(7-5-11)13-3-2-12(9-16)14(15)8-13/h2-4,8H,5-7,10H2,1H3. The van der Waals surface area contributed by atoms with E-state index in [1.54, 1.807) is 13.2 Å². The second-order valence-corrected chi connectivity index (χ2v) is 4.27. The minimum Gasteiger partial charge on any atom is -0.380 e. The zero-order valence-electron chi connectivity index (χ0n) is 10.3. The van der Waals surface area contributed by atoms with Crippen LogP contribution in [0.15, 0.2) is 29.8 Å². The molecule has 3 nitrogen and oxygen atoms in total. The molecule has 94 valence electrons. The molecule has 0 aromatic heterocycles. The van der Waals surface area contributed by atoms with Gasteiger partial charge in [-0.25, -0.2) is 4.39 Å². The van der Waals surface area contributed by atoms with Gasteiger partial charge < -0.3 is 9.64 Å². The van der Waals surface area contributed by atoms with Crippen molar-refractivity contribution in [2.45, 2.75) is 6.42 Å². The van der Waals surface area contributed by atoms with E-state index in [1.165, 1.54) is 17.7 Å². The van der Waals surface area contributed by atoms with Crippen LogP contribution >= 0.6 is 0 Å². The minimum absolute atomic E-state index is 0.0892. The fourth-order valence-electron chi connectivity index (χ4n) is 2.05. The van der Waals surface area contributed by atoms with E-state index in [-0.39, 0.29) is 5.56 Å². The molecule has 0 fully saturated rings. The summed E-state index contributed by atoms with van der Waals surface area (Å²) in [5.41, 5.74) is 2.19. The van der Waals surface area contributed by atoms with Crippen molar-refractivity contribution in [3.05, 3.63) is 41.2 Å². The molecule has 1 aromatic rings. The highest BCUT2D eigenvalue weighted by molar-refractivity contribution is 5.51. The molecular weight excluding hydrogens is 231 g/mol.